The molecule has 10 heteroatoms. The van der Waals surface area contributed by atoms with Crippen molar-refractivity contribution in [1.29, 1.82) is 5.26 Å². The van der Waals surface area contributed by atoms with Crippen LogP contribution in [0.15, 0.2) is 57.4 Å². The lowest BCUT2D eigenvalue weighted by atomic mass is 9.86. The Balaban J connectivity index is 1.84. The summed E-state index contributed by atoms with van der Waals surface area (Å²) in [5.41, 5.74) is 6.47. The number of nitrogens with one attached hydrogen (secondary N) is 1. The third-order valence-corrected chi connectivity index (χ3v) is 10.2. The van der Waals surface area contributed by atoms with Gasteiger partial charge in [-0.2, -0.15) is 5.26 Å². The zero-order valence-corrected chi connectivity index (χ0v) is 20.8. The number of nitrogens with two attached hydrogens (primary N) is 1. The molecule has 0 unspecified atom stereocenters. The number of pyridine rings is 1. The summed E-state index contributed by atoms with van der Waals surface area (Å²) in [7, 11) is -2.78. The molecule has 2 aliphatic rings. The zero-order valence-electron chi connectivity index (χ0n) is 20.0. The van der Waals surface area contributed by atoms with Gasteiger partial charge in [0.2, 0.25) is 0 Å². The maximum Gasteiger partial charge on any atom is 0.274 e. The van der Waals surface area contributed by atoms with Crippen molar-refractivity contribution in [2.24, 2.45) is 15.1 Å². The number of allylic oxidation sites excluding steroid dienone is 3. The van der Waals surface area contributed by atoms with Gasteiger partial charge in [-0.15, -0.1) is 0 Å². The van der Waals surface area contributed by atoms with E-state index in [9.17, 15) is 9.00 Å². The van der Waals surface area contributed by atoms with E-state index in [0.717, 1.165) is 0 Å². The average molecular weight is 485 g/mol. The molecule has 8 nitrogen and oxygen atoms in total. The van der Waals surface area contributed by atoms with Crippen LogP contribution in [0, 0.1) is 18.3 Å². The lowest BCUT2D eigenvalue weighted by molar-refractivity contribution is 0.0960. The Morgan fingerprint density at radius 1 is 1.41 bits per heavy atom. The summed E-state index contributed by atoms with van der Waals surface area (Å²) in [6, 6.07) is 3.53. The van der Waals surface area contributed by atoms with Crippen molar-refractivity contribution in [3.05, 3.63) is 64.9 Å². The van der Waals surface area contributed by atoms with Gasteiger partial charge in [-0.3, -0.25) is 9.79 Å². The fourth-order valence-electron chi connectivity index (χ4n) is 4.23. The van der Waals surface area contributed by atoms with Crippen LogP contribution in [-0.4, -0.2) is 43.0 Å². The second-order valence-electron chi connectivity index (χ2n) is 9.15. The summed E-state index contributed by atoms with van der Waals surface area (Å²) in [5, 5.41) is 11.1. The molecule has 1 aromatic rings. The topological polar surface area (TPSA) is 134 Å². The van der Waals surface area contributed by atoms with E-state index in [1.807, 2.05) is 6.07 Å². The van der Waals surface area contributed by atoms with Crippen LogP contribution in [0.25, 0.3) is 0 Å². The highest BCUT2D eigenvalue weighted by molar-refractivity contribution is 7.96. The minimum atomic E-state index is -2.78. The van der Waals surface area contributed by atoms with E-state index in [2.05, 4.69) is 26.2 Å². The molecule has 0 saturated carbocycles. The first-order valence-corrected chi connectivity index (χ1v) is 12.3. The normalized spacial score (nSPS) is 28.3. The smallest absolute Gasteiger partial charge is 0.274 e. The van der Waals surface area contributed by atoms with Gasteiger partial charge in [-0.25, -0.2) is 17.9 Å². The highest BCUT2D eigenvalue weighted by atomic mass is 32.2. The summed E-state index contributed by atoms with van der Waals surface area (Å²) in [6.45, 7) is 12.8. The maximum absolute atomic E-state index is 15.2. The number of hydrogen-bond acceptors (Lipinski definition) is 7. The van der Waals surface area contributed by atoms with E-state index in [1.165, 1.54) is 18.3 Å². The van der Waals surface area contributed by atoms with Crippen molar-refractivity contribution in [2.45, 2.75) is 56.6 Å². The number of halogens is 1. The van der Waals surface area contributed by atoms with Crippen LogP contribution in [0.1, 0.15) is 55.7 Å². The third-order valence-electron chi connectivity index (χ3n) is 6.50. The highest BCUT2D eigenvalue weighted by Crippen LogP contribution is 2.46. The van der Waals surface area contributed by atoms with Crippen molar-refractivity contribution < 1.29 is 13.4 Å². The quantitative estimate of drug-likeness (QED) is 0.618. The van der Waals surface area contributed by atoms with Crippen LogP contribution in [0.2, 0.25) is 0 Å². The molecular weight excluding hydrogens is 455 g/mol. The van der Waals surface area contributed by atoms with Gasteiger partial charge in [-0.1, -0.05) is 6.58 Å². The number of amides is 1. The molecule has 180 valence electrons. The number of nitrogens with zero attached hydrogens (tertiary/aromatic N) is 4. The van der Waals surface area contributed by atoms with Crippen LogP contribution < -0.4 is 11.1 Å². The molecule has 2 aliphatic heterocycles. The molecule has 0 fully saturated rings. The van der Waals surface area contributed by atoms with Gasteiger partial charge in [0, 0.05) is 24.0 Å². The zero-order chi connectivity index (χ0) is 25.5. The first kappa shape index (κ1) is 25.3. The Bertz CT molecular complexity index is 1330. The van der Waals surface area contributed by atoms with E-state index in [1.54, 1.807) is 40.7 Å². The Hall–Kier alpha value is -3.32. The summed E-state index contributed by atoms with van der Waals surface area (Å²) in [4.78, 5) is 21.1. The number of carbonyl (C=O) groups excluding carboxylic acids is 1. The van der Waals surface area contributed by atoms with Crippen LogP contribution in [-0.2, 0) is 9.73 Å². The molecule has 3 N–H and O–H groups in total. The lowest BCUT2D eigenvalue weighted by Crippen LogP contribution is -2.60. The SMILES string of the molecule is C=C(/C(F)=C\C=C(/C)NC(=O)c1ncc(C#N)cc1C)[C@@]1(C)N=C(N)C(C)(C)[S@]2(=O)=NCC[C@H]12. The van der Waals surface area contributed by atoms with Crippen molar-refractivity contribution >= 4 is 21.5 Å². The summed E-state index contributed by atoms with van der Waals surface area (Å²) in [5.74, 6) is -0.969. The number of aliphatic imine (C=N–C) groups is 1. The Morgan fingerprint density at radius 3 is 2.71 bits per heavy atom. The van der Waals surface area contributed by atoms with E-state index in [0.29, 0.717) is 29.8 Å². The number of nitriles is 1. The fraction of sp³-hybridized carbons (Fsp3) is 0.417. The molecule has 3 heterocycles. The first-order chi connectivity index (χ1) is 15.8. The van der Waals surface area contributed by atoms with Gasteiger partial charge in [0.05, 0.1) is 20.5 Å². The molecule has 0 aromatic carbocycles. The number of aryl methyl sites for hydroxylation is 1. The standard InChI is InChI=1S/C24H29FN6O2S/c1-14-11-17(12-26)13-28-20(14)21(32)30-15(2)7-8-18(25)16(3)24(6)19-9-10-29-34(19,33)23(4,5)22(27)31-24/h7-8,11,13,19H,3,9-10H2,1-2,4-6H3,(H2,27,31)(H,30,32)/b15-7+,18-8+/t19-,24-,34+/m1/s1. The van der Waals surface area contributed by atoms with Gasteiger partial charge in [-0.05, 0) is 64.8 Å². The van der Waals surface area contributed by atoms with Crippen molar-refractivity contribution in [2.75, 3.05) is 6.54 Å². The van der Waals surface area contributed by atoms with Crippen LogP contribution in [0.4, 0.5) is 4.39 Å². The number of fused-ring (bicyclic) bond motifs is 1. The Morgan fingerprint density at radius 2 is 2.09 bits per heavy atom. The Labute approximate surface area is 199 Å². The monoisotopic (exact) mass is 484 g/mol. The van der Waals surface area contributed by atoms with Gasteiger partial charge < -0.3 is 11.1 Å². The van der Waals surface area contributed by atoms with E-state index >= 15 is 4.39 Å². The molecule has 3 atom stereocenters. The molecule has 0 radical (unpaired) electrons. The largest absolute Gasteiger partial charge is 0.386 e. The average Bonchev–Trinajstić information content (AvgIpc) is 3.20. The molecule has 1 amide bonds. The van der Waals surface area contributed by atoms with Gasteiger partial charge in [0.1, 0.15) is 33.7 Å². The van der Waals surface area contributed by atoms with Crippen LogP contribution in [0.3, 0.4) is 0 Å². The summed E-state index contributed by atoms with van der Waals surface area (Å²) >= 11 is 0. The number of rotatable bonds is 5. The summed E-state index contributed by atoms with van der Waals surface area (Å²) in [6.07, 6.45) is 4.40. The van der Waals surface area contributed by atoms with Crippen LogP contribution in [0.5, 0.6) is 0 Å². The molecule has 0 spiro atoms. The molecular formula is C24H29FN6O2S. The molecule has 1 aromatic heterocycles. The number of amidine groups is 1. The van der Waals surface area contributed by atoms with Gasteiger partial charge in [0.25, 0.3) is 5.91 Å². The number of aromatic nitrogens is 1. The fourth-order valence-corrected chi connectivity index (χ4v) is 7.40. The third kappa shape index (κ3) is 4.05. The molecule has 0 saturated heterocycles. The minimum Gasteiger partial charge on any atom is -0.386 e. The predicted molar refractivity (Wildman–Crippen MR) is 131 cm³/mol. The van der Waals surface area contributed by atoms with Crippen molar-refractivity contribution in [3.8, 4) is 6.07 Å². The lowest BCUT2D eigenvalue weighted by Gasteiger charge is -2.44. The van der Waals surface area contributed by atoms with Crippen molar-refractivity contribution in [1.82, 2.24) is 10.3 Å². The molecule has 0 aliphatic carbocycles. The molecule has 3 rings (SSSR count). The Kier molecular flexibility index (Phi) is 6.55. The second kappa shape index (κ2) is 8.80. The minimum absolute atomic E-state index is 0.0563. The number of carbonyl (C=O) groups is 1. The van der Waals surface area contributed by atoms with Crippen LogP contribution >= 0.6 is 0 Å². The first-order valence-electron chi connectivity index (χ1n) is 10.8. The predicted octanol–water partition coefficient (Wildman–Crippen LogP) is 3.45. The van der Waals surface area contributed by atoms with E-state index in [-0.39, 0.29) is 17.1 Å². The maximum atomic E-state index is 15.2. The van der Waals surface area contributed by atoms with E-state index in [4.69, 9.17) is 11.0 Å². The summed E-state index contributed by atoms with van der Waals surface area (Å²) < 4.78 is 32.5. The van der Waals surface area contributed by atoms with Gasteiger partial charge >= 0.3 is 0 Å². The van der Waals surface area contributed by atoms with Gasteiger partial charge in [0.15, 0.2) is 0 Å². The molecule has 34 heavy (non-hydrogen) atoms. The molecule has 0 bridgehead atoms. The van der Waals surface area contributed by atoms with E-state index < -0.39 is 37.0 Å². The number of hydrogen-bond donors (Lipinski definition) is 2. The second-order valence-corrected chi connectivity index (χ2v) is 12.1. The highest BCUT2D eigenvalue weighted by Gasteiger charge is 2.56. The van der Waals surface area contributed by atoms with Crippen molar-refractivity contribution in [3.63, 3.8) is 0 Å².